The van der Waals surface area contributed by atoms with Gasteiger partial charge in [-0.3, -0.25) is 0 Å². The number of hydrogen-bond donors (Lipinski definition) is 2. The molecule has 0 aromatic carbocycles. The van der Waals surface area contributed by atoms with Crippen LogP contribution in [0.2, 0.25) is 0 Å². The van der Waals surface area contributed by atoms with Crippen LogP contribution >= 0.6 is 0 Å². The Balaban J connectivity index is 0.000000561. The number of ether oxygens (including phenoxy) is 1. The first-order valence-corrected chi connectivity index (χ1v) is 4.66. The molecule has 3 nitrogen and oxygen atoms in total. The van der Waals surface area contributed by atoms with Crippen LogP contribution in [0, 0.1) is 0 Å². The van der Waals surface area contributed by atoms with Gasteiger partial charge >= 0.3 is 0 Å². The Bertz CT molecular complexity index is 95.9. The summed E-state index contributed by atoms with van der Waals surface area (Å²) in [4.78, 5) is 0. The summed E-state index contributed by atoms with van der Waals surface area (Å²) in [5.74, 6) is 0. The Labute approximate surface area is 74.4 Å². The van der Waals surface area contributed by atoms with E-state index in [-0.39, 0.29) is 24.9 Å². The highest BCUT2D eigenvalue weighted by molar-refractivity contribution is 4.73. The van der Waals surface area contributed by atoms with Crippen molar-refractivity contribution in [2.45, 2.75) is 51.9 Å². The summed E-state index contributed by atoms with van der Waals surface area (Å²) in [5.41, 5.74) is 0. The molecule has 74 valence electrons. The van der Waals surface area contributed by atoms with Gasteiger partial charge in [-0.1, -0.05) is 13.8 Å². The monoisotopic (exact) mass is 176 g/mol. The lowest BCUT2D eigenvalue weighted by molar-refractivity contribution is -0.104. The lowest BCUT2D eigenvalue weighted by Gasteiger charge is -2.29. The van der Waals surface area contributed by atoms with Crippen molar-refractivity contribution in [1.82, 2.24) is 0 Å². The van der Waals surface area contributed by atoms with Crippen molar-refractivity contribution >= 4 is 0 Å². The zero-order valence-corrected chi connectivity index (χ0v) is 8.16. The van der Waals surface area contributed by atoms with Gasteiger partial charge < -0.3 is 14.9 Å². The Hall–Kier alpha value is -0.120. The first-order valence-electron chi connectivity index (χ1n) is 4.66. The van der Waals surface area contributed by atoms with Gasteiger partial charge in [-0.15, -0.1) is 0 Å². The normalized spacial score (nSPS) is 35.2. The molecule has 2 unspecified atom stereocenters. The summed E-state index contributed by atoms with van der Waals surface area (Å²) in [5, 5.41) is 17.9. The second-order valence-electron chi connectivity index (χ2n) is 2.88. The molecule has 1 fully saturated rings. The van der Waals surface area contributed by atoms with Crippen LogP contribution in [0.4, 0.5) is 0 Å². The SMILES string of the molecule is CC.C[C@@H]1CC(O)CC(CO)O1. The average Bonchev–Trinajstić information content (AvgIpc) is 2.06. The Morgan fingerprint density at radius 1 is 1.33 bits per heavy atom. The summed E-state index contributed by atoms with van der Waals surface area (Å²) in [6.45, 7) is 5.92. The predicted octanol–water partition coefficient (Wildman–Crippen LogP) is 0.933. The molecule has 1 aliphatic rings. The van der Waals surface area contributed by atoms with Gasteiger partial charge in [-0.05, 0) is 13.3 Å². The lowest BCUT2D eigenvalue weighted by atomic mass is 10.0. The molecule has 12 heavy (non-hydrogen) atoms. The van der Waals surface area contributed by atoms with Gasteiger partial charge in [-0.25, -0.2) is 0 Å². The van der Waals surface area contributed by atoms with Crippen molar-refractivity contribution in [3.63, 3.8) is 0 Å². The van der Waals surface area contributed by atoms with E-state index in [2.05, 4.69) is 0 Å². The second kappa shape index (κ2) is 6.40. The molecule has 0 bridgehead atoms. The van der Waals surface area contributed by atoms with Crippen LogP contribution in [-0.4, -0.2) is 35.1 Å². The zero-order valence-electron chi connectivity index (χ0n) is 8.16. The van der Waals surface area contributed by atoms with Gasteiger partial charge in [0.1, 0.15) is 0 Å². The maximum Gasteiger partial charge on any atom is 0.0833 e. The standard InChI is InChI=1S/C7H14O3.C2H6/c1-5-2-6(9)3-7(4-8)10-5;1-2/h5-9H,2-4H2,1H3;1-2H3/t5-,6?,7?;/m1./s1. The third-order valence-electron chi connectivity index (χ3n) is 1.77. The lowest BCUT2D eigenvalue weighted by Crippen LogP contribution is -2.35. The van der Waals surface area contributed by atoms with E-state index in [1.165, 1.54) is 0 Å². The molecule has 1 heterocycles. The van der Waals surface area contributed by atoms with E-state index < -0.39 is 0 Å². The van der Waals surface area contributed by atoms with Crippen LogP contribution in [0.3, 0.4) is 0 Å². The minimum Gasteiger partial charge on any atom is -0.394 e. The van der Waals surface area contributed by atoms with Gasteiger partial charge in [-0.2, -0.15) is 0 Å². The topological polar surface area (TPSA) is 49.7 Å². The molecule has 0 amide bonds. The highest BCUT2D eigenvalue weighted by Gasteiger charge is 2.24. The molecule has 1 saturated heterocycles. The highest BCUT2D eigenvalue weighted by Crippen LogP contribution is 2.18. The molecule has 3 heteroatoms. The average molecular weight is 176 g/mol. The Kier molecular flexibility index (Phi) is 6.34. The van der Waals surface area contributed by atoms with Gasteiger partial charge in [0.15, 0.2) is 0 Å². The first-order chi connectivity index (χ1) is 5.72. The van der Waals surface area contributed by atoms with E-state index in [1.807, 2.05) is 20.8 Å². The molecule has 0 saturated carbocycles. The van der Waals surface area contributed by atoms with Crippen molar-refractivity contribution in [3.8, 4) is 0 Å². The van der Waals surface area contributed by atoms with Crippen molar-refractivity contribution in [2.24, 2.45) is 0 Å². The summed E-state index contributed by atoms with van der Waals surface area (Å²) >= 11 is 0. The third kappa shape index (κ3) is 4.04. The van der Waals surface area contributed by atoms with Crippen LogP contribution in [0.15, 0.2) is 0 Å². The number of hydrogen-bond acceptors (Lipinski definition) is 3. The smallest absolute Gasteiger partial charge is 0.0833 e. The predicted molar refractivity (Wildman–Crippen MR) is 48.0 cm³/mol. The van der Waals surface area contributed by atoms with Crippen LogP contribution < -0.4 is 0 Å². The van der Waals surface area contributed by atoms with Crippen LogP contribution in [-0.2, 0) is 4.74 Å². The maximum atomic E-state index is 9.19. The molecule has 3 atom stereocenters. The minimum atomic E-state index is -0.291. The largest absolute Gasteiger partial charge is 0.394 e. The summed E-state index contributed by atoms with van der Waals surface area (Å²) in [6, 6.07) is 0. The molecule has 0 aliphatic carbocycles. The molecule has 0 aromatic heterocycles. The van der Waals surface area contributed by atoms with E-state index in [0.29, 0.717) is 12.8 Å². The van der Waals surface area contributed by atoms with E-state index in [9.17, 15) is 5.11 Å². The van der Waals surface area contributed by atoms with Crippen LogP contribution in [0.25, 0.3) is 0 Å². The highest BCUT2D eigenvalue weighted by atomic mass is 16.5. The van der Waals surface area contributed by atoms with Gasteiger partial charge in [0, 0.05) is 6.42 Å². The van der Waals surface area contributed by atoms with Crippen molar-refractivity contribution in [1.29, 1.82) is 0 Å². The summed E-state index contributed by atoms with van der Waals surface area (Å²) < 4.78 is 5.30. The van der Waals surface area contributed by atoms with Gasteiger partial charge in [0.25, 0.3) is 0 Å². The van der Waals surface area contributed by atoms with Crippen molar-refractivity contribution < 1.29 is 14.9 Å². The molecule has 2 N–H and O–H groups in total. The zero-order chi connectivity index (χ0) is 9.56. The minimum absolute atomic E-state index is 0.0153. The van der Waals surface area contributed by atoms with Crippen molar-refractivity contribution in [2.75, 3.05) is 6.61 Å². The Morgan fingerprint density at radius 3 is 2.33 bits per heavy atom. The number of aliphatic hydroxyl groups is 2. The first kappa shape index (κ1) is 11.9. The van der Waals surface area contributed by atoms with E-state index in [1.54, 1.807) is 0 Å². The summed E-state index contributed by atoms with van der Waals surface area (Å²) in [6.07, 6.45) is 0.901. The fourth-order valence-electron chi connectivity index (χ4n) is 1.34. The van der Waals surface area contributed by atoms with E-state index in [0.717, 1.165) is 0 Å². The fourth-order valence-corrected chi connectivity index (χ4v) is 1.34. The molecule has 0 aromatic rings. The molecular weight excluding hydrogens is 156 g/mol. The molecule has 0 spiro atoms. The number of rotatable bonds is 1. The Morgan fingerprint density at radius 2 is 1.92 bits per heavy atom. The van der Waals surface area contributed by atoms with E-state index >= 15 is 0 Å². The van der Waals surface area contributed by atoms with Gasteiger partial charge in [0.2, 0.25) is 0 Å². The summed E-state index contributed by atoms with van der Waals surface area (Å²) in [7, 11) is 0. The van der Waals surface area contributed by atoms with Gasteiger partial charge in [0.05, 0.1) is 24.9 Å². The third-order valence-corrected chi connectivity index (χ3v) is 1.77. The second-order valence-corrected chi connectivity index (χ2v) is 2.88. The quantitative estimate of drug-likeness (QED) is 0.625. The maximum absolute atomic E-state index is 9.19. The molecule has 1 rings (SSSR count). The van der Waals surface area contributed by atoms with E-state index in [4.69, 9.17) is 9.84 Å². The van der Waals surface area contributed by atoms with Crippen molar-refractivity contribution in [3.05, 3.63) is 0 Å². The fraction of sp³-hybridized carbons (Fsp3) is 1.00. The van der Waals surface area contributed by atoms with Crippen LogP contribution in [0.5, 0.6) is 0 Å². The van der Waals surface area contributed by atoms with Crippen LogP contribution in [0.1, 0.15) is 33.6 Å². The molecule has 1 aliphatic heterocycles. The molecule has 0 radical (unpaired) electrons. The molecular formula is C9H20O3. The number of aliphatic hydroxyl groups excluding tert-OH is 2.